The second-order valence-electron chi connectivity index (χ2n) is 5.48. The topological polar surface area (TPSA) is 21.3 Å². The Morgan fingerprint density at radius 3 is 2.35 bits per heavy atom. The molecule has 1 unspecified atom stereocenters. The van der Waals surface area contributed by atoms with Crippen molar-refractivity contribution in [3.05, 3.63) is 77.9 Å². The number of ether oxygens (including phenoxy) is 1. The average Bonchev–Trinajstić information content (AvgIpc) is 2.60. The smallest absolute Gasteiger partial charge is 0.123 e. The molecule has 3 rings (SSSR count). The highest BCUT2D eigenvalue weighted by atomic mass is 35.5. The van der Waals surface area contributed by atoms with Crippen molar-refractivity contribution in [2.45, 2.75) is 19.5 Å². The molecular weight excluding hydrogens is 306 g/mol. The zero-order valence-corrected chi connectivity index (χ0v) is 14.3. The van der Waals surface area contributed by atoms with Gasteiger partial charge in [-0.05, 0) is 29.3 Å². The quantitative estimate of drug-likeness (QED) is 0.702. The number of benzene rings is 3. The molecule has 1 N–H and O–H groups in total. The van der Waals surface area contributed by atoms with E-state index in [0.29, 0.717) is 6.04 Å². The summed E-state index contributed by atoms with van der Waals surface area (Å²) in [5, 5.41) is 6.09. The van der Waals surface area contributed by atoms with Crippen LogP contribution in [0.5, 0.6) is 5.75 Å². The van der Waals surface area contributed by atoms with Crippen molar-refractivity contribution in [3.63, 3.8) is 0 Å². The Bertz CT molecular complexity index is 758. The van der Waals surface area contributed by atoms with E-state index in [4.69, 9.17) is 4.74 Å². The monoisotopic (exact) mass is 327 g/mol. The van der Waals surface area contributed by atoms with Crippen molar-refractivity contribution in [2.24, 2.45) is 0 Å². The van der Waals surface area contributed by atoms with Crippen LogP contribution in [0.2, 0.25) is 0 Å². The Hall–Kier alpha value is -2.03. The maximum Gasteiger partial charge on any atom is 0.123 e. The molecule has 0 radical (unpaired) electrons. The van der Waals surface area contributed by atoms with E-state index in [2.05, 4.69) is 66.8 Å². The van der Waals surface area contributed by atoms with Crippen LogP contribution in [-0.4, -0.2) is 7.11 Å². The van der Waals surface area contributed by atoms with Crippen molar-refractivity contribution in [1.82, 2.24) is 5.32 Å². The molecule has 0 spiro atoms. The molecule has 0 fully saturated rings. The fourth-order valence-corrected chi connectivity index (χ4v) is 2.80. The van der Waals surface area contributed by atoms with Crippen molar-refractivity contribution < 1.29 is 4.74 Å². The molecule has 120 valence electrons. The van der Waals surface area contributed by atoms with Crippen LogP contribution in [0.25, 0.3) is 10.8 Å². The first-order chi connectivity index (χ1) is 10.8. The summed E-state index contributed by atoms with van der Waals surface area (Å²) in [5.74, 6) is 0.937. The van der Waals surface area contributed by atoms with Crippen LogP contribution in [0.15, 0.2) is 66.7 Å². The molecule has 0 aliphatic heterocycles. The lowest BCUT2D eigenvalue weighted by Crippen LogP contribution is -2.18. The summed E-state index contributed by atoms with van der Waals surface area (Å²) >= 11 is 0. The predicted octanol–water partition coefficient (Wildman–Crippen LogP) is 5.12. The zero-order valence-electron chi connectivity index (χ0n) is 13.5. The molecule has 0 bridgehead atoms. The fourth-order valence-electron chi connectivity index (χ4n) is 2.80. The minimum atomic E-state index is 0. The molecule has 0 saturated carbocycles. The summed E-state index contributed by atoms with van der Waals surface area (Å²) in [6.07, 6.45) is 0. The third kappa shape index (κ3) is 3.84. The first-order valence-corrected chi connectivity index (χ1v) is 7.62. The molecule has 23 heavy (non-hydrogen) atoms. The van der Waals surface area contributed by atoms with Crippen LogP contribution < -0.4 is 10.1 Å². The summed E-state index contributed by atoms with van der Waals surface area (Å²) in [4.78, 5) is 0. The molecule has 3 aromatic rings. The van der Waals surface area contributed by atoms with E-state index in [9.17, 15) is 0 Å². The molecule has 0 heterocycles. The second kappa shape index (κ2) is 8.00. The highest BCUT2D eigenvalue weighted by molar-refractivity contribution is 5.87. The number of rotatable bonds is 5. The zero-order chi connectivity index (χ0) is 15.4. The molecule has 2 nitrogen and oxygen atoms in total. The number of methoxy groups -OCH3 is 1. The van der Waals surface area contributed by atoms with Crippen molar-refractivity contribution >= 4 is 23.2 Å². The Kier molecular flexibility index (Phi) is 6.03. The van der Waals surface area contributed by atoms with E-state index >= 15 is 0 Å². The second-order valence-corrected chi connectivity index (χ2v) is 5.48. The Labute approximate surface area is 143 Å². The summed E-state index contributed by atoms with van der Waals surface area (Å²) < 4.78 is 5.55. The maximum atomic E-state index is 5.55. The third-order valence-electron chi connectivity index (χ3n) is 4.10. The summed E-state index contributed by atoms with van der Waals surface area (Å²) in [7, 11) is 1.73. The number of halogens is 1. The summed E-state index contributed by atoms with van der Waals surface area (Å²) in [6.45, 7) is 2.97. The first kappa shape index (κ1) is 17.3. The maximum absolute atomic E-state index is 5.55. The van der Waals surface area contributed by atoms with Crippen LogP contribution in [0, 0.1) is 0 Å². The van der Waals surface area contributed by atoms with Gasteiger partial charge in [0.05, 0.1) is 7.11 Å². The fraction of sp³-hybridized carbons (Fsp3) is 0.200. The summed E-state index contributed by atoms with van der Waals surface area (Å²) in [5.41, 5.74) is 2.50. The van der Waals surface area contributed by atoms with Crippen LogP contribution in [-0.2, 0) is 6.54 Å². The van der Waals surface area contributed by atoms with Crippen molar-refractivity contribution in [2.75, 3.05) is 7.11 Å². The normalized spacial score (nSPS) is 11.7. The SMILES string of the molecule is COc1ccc2ccccc2c1CNC(C)c1ccccc1.Cl. The summed E-state index contributed by atoms with van der Waals surface area (Å²) in [6, 6.07) is 23.4. The van der Waals surface area contributed by atoms with E-state index in [1.165, 1.54) is 21.9 Å². The lowest BCUT2D eigenvalue weighted by atomic mass is 10.0. The van der Waals surface area contributed by atoms with Crippen LogP contribution >= 0.6 is 12.4 Å². The van der Waals surface area contributed by atoms with Gasteiger partial charge in [0.25, 0.3) is 0 Å². The van der Waals surface area contributed by atoms with Gasteiger partial charge < -0.3 is 10.1 Å². The lowest BCUT2D eigenvalue weighted by Gasteiger charge is -2.17. The van der Waals surface area contributed by atoms with Gasteiger partial charge in [0.1, 0.15) is 5.75 Å². The van der Waals surface area contributed by atoms with Gasteiger partial charge in [-0.3, -0.25) is 0 Å². The first-order valence-electron chi connectivity index (χ1n) is 7.62. The van der Waals surface area contributed by atoms with E-state index in [0.717, 1.165) is 12.3 Å². The number of nitrogens with one attached hydrogen (secondary N) is 1. The standard InChI is InChI=1S/C20H21NO.ClH/c1-15(16-8-4-3-5-9-16)21-14-19-18-11-7-6-10-17(18)12-13-20(19)22-2;/h3-13,15,21H,14H2,1-2H3;1H. The van der Waals surface area contributed by atoms with Gasteiger partial charge in [0.15, 0.2) is 0 Å². The Morgan fingerprint density at radius 2 is 1.61 bits per heavy atom. The highest BCUT2D eigenvalue weighted by Gasteiger charge is 2.10. The predicted molar refractivity (Wildman–Crippen MR) is 99.4 cm³/mol. The molecule has 0 aliphatic rings. The molecule has 3 heteroatoms. The van der Waals surface area contributed by atoms with Gasteiger partial charge in [-0.25, -0.2) is 0 Å². The van der Waals surface area contributed by atoms with Gasteiger partial charge in [0, 0.05) is 18.2 Å². The van der Waals surface area contributed by atoms with E-state index < -0.39 is 0 Å². The van der Waals surface area contributed by atoms with Crippen molar-refractivity contribution in [1.29, 1.82) is 0 Å². The van der Waals surface area contributed by atoms with Crippen LogP contribution in [0.1, 0.15) is 24.1 Å². The molecule has 0 amide bonds. The average molecular weight is 328 g/mol. The van der Waals surface area contributed by atoms with E-state index in [1.807, 2.05) is 12.1 Å². The molecular formula is C20H22ClNO. The van der Waals surface area contributed by atoms with E-state index in [1.54, 1.807) is 7.11 Å². The molecule has 3 aromatic carbocycles. The number of hydrogen-bond donors (Lipinski definition) is 1. The minimum Gasteiger partial charge on any atom is -0.496 e. The number of fused-ring (bicyclic) bond motifs is 1. The lowest BCUT2D eigenvalue weighted by molar-refractivity contribution is 0.407. The third-order valence-corrected chi connectivity index (χ3v) is 4.10. The van der Waals surface area contributed by atoms with Crippen LogP contribution in [0.4, 0.5) is 0 Å². The largest absolute Gasteiger partial charge is 0.496 e. The van der Waals surface area contributed by atoms with Gasteiger partial charge in [-0.1, -0.05) is 60.7 Å². The molecule has 0 aromatic heterocycles. The molecule has 0 saturated heterocycles. The minimum absolute atomic E-state index is 0. The van der Waals surface area contributed by atoms with Crippen molar-refractivity contribution in [3.8, 4) is 5.75 Å². The Balaban J connectivity index is 0.00000192. The van der Waals surface area contributed by atoms with Gasteiger partial charge in [-0.15, -0.1) is 12.4 Å². The Morgan fingerprint density at radius 1 is 0.913 bits per heavy atom. The van der Waals surface area contributed by atoms with Gasteiger partial charge in [-0.2, -0.15) is 0 Å². The molecule has 0 aliphatic carbocycles. The molecule has 1 atom stereocenters. The van der Waals surface area contributed by atoms with Gasteiger partial charge >= 0.3 is 0 Å². The van der Waals surface area contributed by atoms with Crippen LogP contribution in [0.3, 0.4) is 0 Å². The van der Waals surface area contributed by atoms with E-state index in [-0.39, 0.29) is 12.4 Å². The highest BCUT2D eigenvalue weighted by Crippen LogP contribution is 2.28. The van der Waals surface area contributed by atoms with Gasteiger partial charge in [0.2, 0.25) is 0 Å². The number of hydrogen-bond acceptors (Lipinski definition) is 2.